The summed E-state index contributed by atoms with van der Waals surface area (Å²) < 4.78 is 7.02. The molecule has 0 bridgehead atoms. The average molecular weight is 341 g/mol. The molecule has 1 unspecified atom stereocenters. The van der Waals surface area contributed by atoms with Gasteiger partial charge in [-0.25, -0.2) is 0 Å². The molecular weight excluding hydrogens is 318 g/mol. The maximum atomic E-state index is 12.7. The molecule has 1 aliphatic rings. The van der Waals surface area contributed by atoms with Gasteiger partial charge in [-0.05, 0) is 12.0 Å². The number of rotatable bonds is 5. The lowest BCUT2D eigenvalue weighted by molar-refractivity contribution is 0.0721. The first-order chi connectivity index (χ1) is 12.1. The number of nitrogens with zero attached hydrogens (tertiary/aromatic N) is 3. The summed E-state index contributed by atoms with van der Waals surface area (Å²) in [6.45, 7) is 2.58. The van der Waals surface area contributed by atoms with Crippen molar-refractivity contribution in [1.82, 2.24) is 9.58 Å². The number of fused-ring (bicyclic) bond motifs is 1. The Kier molecular flexibility index (Phi) is 4.79. The van der Waals surface area contributed by atoms with Crippen molar-refractivity contribution in [3.8, 4) is 5.75 Å². The summed E-state index contributed by atoms with van der Waals surface area (Å²) in [4.78, 5) is 26.4. The molecule has 0 saturated heterocycles. The number of carbonyl (C=O) groups is 1. The topological polar surface area (TPSA) is 54.8 Å². The SMILES string of the molecule is CCCC(c1ccccc1)N1CN(C)C(=O)c2c(OC)c(=O)ccn21. The average Bonchev–Trinajstić information content (AvgIpc) is 2.63. The van der Waals surface area contributed by atoms with Gasteiger partial charge in [0, 0.05) is 19.3 Å². The lowest BCUT2D eigenvalue weighted by Crippen LogP contribution is -2.54. The predicted octanol–water partition coefficient (Wildman–Crippen LogP) is 2.38. The van der Waals surface area contributed by atoms with E-state index in [1.807, 2.05) is 18.2 Å². The number of benzene rings is 1. The Morgan fingerprint density at radius 1 is 1.16 bits per heavy atom. The summed E-state index contributed by atoms with van der Waals surface area (Å²) in [5, 5.41) is 2.11. The minimum absolute atomic E-state index is 0.0901. The Balaban J connectivity index is 2.16. The van der Waals surface area contributed by atoms with E-state index < -0.39 is 0 Å². The van der Waals surface area contributed by atoms with Gasteiger partial charge in [-0.2, -0.15) is 0 Å². The number of hydrogen-bond donors (Lipinski definition) is 0. The first kappa shape index (κ1) is 17.1. The van der Waals surface area contributed by atoms with Gasteiger partial charge in [0.15, 0.2) is 11.4 Å². The fourth-order valence-corrected chi connectivity index (χ4v) is 3.33. The number of pyridine rings is 1. The Morgan fingerprint density at radius 3 is 2.52 bits per heavy atom. The zero-order valence-electron chi connectivity index (χ0n) is 14.8. The molecule has 0 saturated carbocycles. The molecule has 0 spiro atoms. The molecule has 0 N–H and O–H groups in total. The first-order valence-electron chi connectivity index (χ1n) is 8.45. The van der Waals surface area contributed by atoms with Crippen molar-refractivity contribution in [3.63, 3.8) is 0 Å². The molecule has 1 aromatic heterocycles. The van der Waals surface area contributed by atoms with Crippen LogP contribution in [0, 0.1) is 0 Å². The van der Waals surface area contributed by atoms with Gasteiger partial charge in [0.2, 0.25) is 5.43 Å². The minimum atomic E-state index is -0.288. The van der Waals surface area contributed by atoms with Crippen LogP contribution in [0.1, 0.15) is 41.9 Å². The van der Waals surface area contributed by atoms with E-state index in [1.165, 1.54) is 18.7 Å². The standard InChI is InChI=1S/C19H23N3O3/c1-4-8-15(14-9-6-5-7-10-14)22-13-20(2)19(24)17-18(25-3)16(23)11-12-21(17)22/h5-7,9-12,15H,4,8,13H2,1-3H3. The van der Waals surface area contributed by atoms with Gasteiger partial charge in [-0.1, -0.05) is 43.7 Å². The molecule has 0 fully saturated rings. The van der Waals surface area contributed by atoms with Gasteiger partial charge in [-0.15, -0.1) is 0 Å². The Bertz CT molecular complexity index is 816. The first-order valence-corrected chi connectivity index (χ1v) is 8.45. The molecule has 2 heterocycles. The second-order valence-electron chi connectivity index (χ2n) is 6.21. The quantitative estimate of drug-likeness (QED) is 0.838. The summed E-state index contributed by atoms with van der Waals surface area (Å²) in [5.74, 6) is -0.124. The van der Waals surface area contributed by atoms with E-state index in [2.05, 4.69) is 24.1 Å². The van der Waals surface area contributed by atoms with Crippen molar-refractivity contribution >= 4 is 5.91 Å². The van der Waals surface area contributed by atoms with Gasteiger partial charge >= 0.3 is 0 Å². The van der Waals surface area contributed by atoms with Crippen LogP contribution in [0.5, 0.6) is 5.75 Å². The van der Waals surface area contributed by atoms with Crippen molar-refractivity contribution < 1.29 is 9.53 Å². The number of amides is 1. The maximum absolute atomic E-state index is 12.7. The van der Waals surface area contributed by atoms with Gasteiger partial charge in [0.25, 0.3) is 5.91 Å². The number of carbonyl (C=O) groups excluding carboxylic acids is 1. The zero-order chi connectivity index (χ0) is 18.0. The van der Waals surface area contributed by atoms with Crippen LogP contribution in [0.15, 0.2) is 47.4 Å². The van der Waals surface area contributed by atoms with Crippen LogP contribution in [0.3, 0.4) is 0 Å². The van der Waals surface area contributed by atoms with E-state index in [1.54, 1.807) is 22.8 Å². The molecule has 25 heavy (non-hydrogen) atoms. The molecular formula is C19H23N3O3. The molecule has 6 nitrogen and oxygen atoms in total. The van der Waals surface area contributed by atoms with Gasteiger partial charge < -0.3 is 9.64 Å². The fourth-order valence-electron chi connectivity index (χ4n) is 3.33. The molecule has 3 rings (SSSR count). The highest BCUT2D eigenvalue weighted by atomic mass is 16.5. The van der Waals surface area contributed by atoms with E-state index in [9.17, 15) is 9.59 Å². The molecule has 0 aliphatic carbocycles. The Morgan fingerprint density at radius 2 is 1.88 bits per heavy atom. The van der Waals surface area contributed by atoms with E-state index in [-0.39, 0.29) is 28.8 Å². The second kappa shape index (κ2) is 7.01. The van der Waals surface area contributed by atoms with Gasteiger partial charge in [-0.3, -0.25) is 19.3 Å². The predicted molar refractivity (Wildman–Crippen MR) is 96.5 cm³/mol. The summed E-state index contributed by atoms with van der Waals surface area (Å²) in [7, 11) is 3.16. The molecule has 0 radical (unpaired) electrons. The molecule has 2 aromatic rings. The van der Waals surface area contributed by atoms with Crippen LogP contribution in [-0.4, -0.2) is 36.3 Å². The van der Waals surface area contributed by atoms with Crippen molar-refractivity contribution in [2.75, 3.05) is 25.8 Å². The number of methoxy groups -OCH3 is 1. The number of hydrogen-bond acceptors (Lipinski definition) is 4. The molecule has 1 amide bonds. The minimum Gasteiger partial charge on any atom is -0.491 e. The number of aromatic nitrogens is 1. The third-order valence-corrected chi connectivity index (χ3v) is 4.53. The highest BCUT2D eigenvalue weighted by molar-refractivity contribution is 5.96. The molecule has 1 aromatic carbocycles. The molecule has 1 aliphatic heterocycles. The lowest BCUT2D eigenvalue weighted by atomic mass is 10.0. The largest absolute Gasteiger partial charge is 0.491 e. The fraction of sp³-hybridized carbons (Fsp3) is 0.368. The Hall–Kier alpha value is -2.76. The van der Waals surface area contributed by atoms with Crippen LogP contribution >= 0.6 is 0 Å². The van der Waals surface area contributed by atoms with Gasteiger partial charge in [0.05, 0.1) is 13.2 Å². The van der Waals surface area contributed by atoms with Crippen LogP contribution < -0.4 is 15.2 Å². The van der Waals surface area contributed by atoms with Gasteiger partial charge in [0.1, 0.15) is 6.67 Å². The third kappa shape index (κ3) is 2.99. The van der Waals surface area contributed by atoms with E-state index >= 15 is 0 Å². The van der Waals surface area contributed by atoms with E-state index in [4.69, 9.17) is 4.74 Å². The summed E-state index contributed by atoms with van der Waals surface area (Å²) in [6, 6.07) is 11.8. The normalized spacial score (nSPS) is 15.1. The third-order valence-electron chi connectivity index (χ3n) is 4.53. The maximum Gasteiger partial charge on any atom is 0.277 e. The molecule has 132 valence electrons. The molecule has 1 atom stereocenters. The van der Waals surface area contributed by atoms with Crippen LogP contribution in [0.4, 0.5) is 0 Å². The van der Waals surface area contributed by atoms with Crippen molar-refractivity contribution in [3.05, 3.63) is 64.1 Å². The highest BCUT2D eigenvalue weighted by Gasteiger charge is 2.34. The monoisotopic (exact) mass is 341 g/mol. The molecule has 6 heteroatoms. The second-order valence-corrected chi connectivity index (χ2v) is 6.21. The number of ether oxygens (including phenoxy) is 1. The highest BCUT2D eigenvalue weighted by Crippen LogP contribution is 2.29. The van der Waals surface area contributed by atoms with E-state index in [0.717, 1.165) is 12.8 Å². The van der Waals surface area contributed by atoms with Crippen molar-refractivity contribution in [2.45, 2.75) is 25.8 Å². The van der Waals surface area contributed by atoms with Crippen molar-refractivity contribution in [2.24, 2.45) is 0 Å². The zero-order valence-corrected chi connectivity index (χ0v) is 14.8. The Labute approximate surface area is 147 Å². The van der Waals surface area contributed by atoms with E-state index in [0.29, 0.717) is 6.67 Å². The summed E-state index contributed by atoms with van der Waals surface area (Å²) in [5.41, 5.74) is 1.17. The van der Waals surface area contributed by atoms with Crippen LogP contribution in [0.25, 0.3) is 0 Å². The summed E-state index contributed by atoms with van der Waals surface area (Å²) in [6.07, 6.45) is 3.59. The summed E-state index contributed by atoms with van der Waals surface area (Å²) >= 11 is 0. The smallest absolute Gasteiger partial charge is 0.277 e. The van der Waals surface area contributed by atoms with Crippen LogP contribution in [-0.2, 0) is 0 Å². The van der Waals surface area contributed by atoms with Crippen LogP contribution in [0.2, 0.25) is 0 Å². The van der Waals surface area contributed by atoms with Crippen molar-refractivity contribution in [1.29, 1.82) is 0 Å². The lowest BCUT2D eigenvalue weighted by Gasteiger charge is -2.43.